The van der Waals surface area contributed by atoms with E-state index in [1.165, 1.54) is 0 Å². The molecule has 1 fully saturated rings. The zero-order valence-electron chi connectivity index (χ0n) is 16.5. The van der Waals surface area contributed by atoms with Gasteiger partial charge in [-0.05, 0) is 43.2 Å². The summed E-state index contributed by atoms with van der Waals surface area (Å²) >= 11 is 6.44. The van der Waals surface area contributed by atoms with E-state index in [4.69, 9.17) is 21.3 Å². The van der Waals surface area contributed by atoms with E-state index in [2.05, 4.69) is 9.88 Å². The molecule has 1 spiro atoms. The van der Waals surface area contributed by atoms with Crippen LogP contribution < -0.4 is 9.64 Å². The van der Waals surface area contributed by atoms with E-state index in [1.807, 2.05) is 50.2 Å². The van der Waals surface area contributed by atoms with Gasteiger partial charge in [0.25, 0.3) is 0 Å². The first-order valence-electron chi connectivity index (χ1n) is 9.95. The van der Waals surface area contributed by atoms with Crippen molar-refractivity contribution in [2.45, 2.75) is 38.7 Å². The van der Waals surface area contributed by atoms with Crippen LogP contribution in [0.4, 0.5) is 5.82 Å². The normalized spacial score (nSPS) is 18.0. The summed E-state index contributed by atoms with van der Waals surface area (Å²) in [5.74, 6) is 1.62. The molecule has 0 bridgehead atoms. The van der Waals surface area contributed by atoms with Gasteiger partial charge >= 0.3 is 0 Å². The highest BCUT2D eigenvalue weighted by atomic mass is 35.5. The molecule has 2 aliphatic rings. The van der Waals surface area contributed by atoms with Crippen molar-refractivity contribution in [3.63, 3.8) is 0 Å². The van der Waals surface area contributed by atoms with Gasteiger partial charge < -0.3 is 9.64 Å². The van der Waals surface area contributed by atoms with Gasteiger partial charge in [-0.2, -0.15) is 0 Å². The number of para-hydroxylation sites is 2. The lowest BCUT2D eigenvalue weighted by atomic mass is 9.81. The number of ketones is 1. The predicted molar refractivity (Wildman–Crippen MR) is 114 cm³/mol. The number of nitrogens with zero attached hydrogens (tertiary/aromatic N) is 3. The fourth-order valence-electron chi connectivity index (χ4n) is 4.59. The number of halogens is 1. The number of Topliss-reactive ketones (excluding diaryl/α,β-unsaturated/α-hetero) is 1. The molecule has 0 aliphatic carbocycles. The number of piperidine rings is 1. The number of hydrogen-bond acceptors (Lipinski definition) is 5. The highest BCUT2D eigenvalue weighted by Gasteiger charge is 2.44. The Hall–Kier alpha value is -2.66. The largest absolute Gasteiger partial charge is 0.486 e. The Morgan fingerprint density at radius 2 is 1.76 bits per heavy atom. The summed E-state index contributed by atoms with van der Waals surface area (Å²) in [6.07, 6.45) is 1.92. The van der Waals surface area contributed by atoms with Crippen LogP contribution in [-0.2, 0) is 0 Å². The molecule has 2 aliphatic heterocycles. The molecule has 0 radical (unpaired) electrons. The second kappa shape index (κ2) is 6.70. The summed E-state index contributed by atoms with van der Waals surface area (Å²) in [4.78, 5) is 24.3. The first kappa shape index (κ1) is 18.4. The number of fused-ring (bicyclic) bond motifs is 2. The molecule has 1 saturated heterocycles. The Morgan fingerprint density at radius 1 is 1.07 bits per heavy atom. The number of carbonyl (C=O) groups excluding carboxylic acids is 1. The maximum atomic E-state index is 12.9. The van der Waals surface area contributed by atoms with Gasteiger partial charge in [0, 0.05) is 25.9 Å². The zero-order chi connectivity index (χ0) is 20.2. The Bertz CT molecular complexity index is 1140. The van der Waals surface area contributed by atoms with Crippen LogP contribution in [0.2, 0.25) is 5.15 Å². The zero-order valence-corrected chi connectivity index (χ0v) is 17.3. The SMILES string of the molecule is Cc1cc(C)c2c(c1)OC1(CCN(c3nc4ccccc4nc3Cl)CC1)CC2=O. The van der Waals surface area contributed by atoms with Gasteiger partial charge in [-0.1, -0.05) is 29.8 Å². The van der Waals surface area contributed by atoms with Crippen LogP contribution in [0.1, 0.15) is 40.7 Å². The van der Waals surface area contributed by atoms with E-state index in [1.54, 1.807) is 0 Å². The van der Waals surface area contributed by atoms with Crippen molar-refractivity contribution in [1.29, 1.82) is 0 Å². The van der Waals surface area contributed by atoms with E-state index in [9.17, 15) is 4.79 Å². The smallest absolute Gasteiger partial charge is 0.172 e. The molecule has 0 unspecified atom stereocenters. The molecular formula is C23H22ClN3O2. The number of benzene rings is 2. The fraction of sp³-hybridized carbons (Fsp3) is 0.348. The van der Waals surface area contributed by atoms with Crippen molar-refractivity contribution in [3.8, 4) is 5.75 Å². The van der Waals surface area contributed by atoms with Crippen molar-refractivity contribution in [1.82, 2.24) is 9.97 Å². The number of aryl methyl sites for hydroxylation is 2. The third-order valence-electron chi connectivity index (χ3n) is 6.02. The highest BCUT2D eigenvalue weighted by Crippen LogP contribution is 2.42. The molecule has 3 heterocycles. The van der Waals surface area contributed by atoms with E-state index < -0.39 is 5.60 Å². The number of anilines is 1. The van der Waals surface area contributed by atoms with Gasteiger partial charge in [-0.25, -0.2) is 9.97 Å². The first-order chi connectivity index (χ1) is 13.9. The van der Waals surface area contributed by atoms with Crippen molar-refractivity contribution in [2.75, 3.05) is 18.0 Å². The molecule has 5 rings (SSSR count). The molecule has 0 amide bonds. The van der Waals surface area contributed by atoms with E-state index >= 15 is 0 Å². The summed E-state index contributed by atoms with van der Waals surface area (Å²) < 4.78 is 6.46. The van der Waals surface area contributed by atoms with Crippen LogP contribution in [-0.4, -0.2) is 34.4 Å². The number of aromatic nitrogens is 2. The standard InChI is InChI=1S/C23H22ClN3O2/c1-14-11-15(2)20-18(28)13-23(29-19(20)12-14)7-9-27(10-8-23)22-21(24)25-16-5-3-4-6-17(16)26-22/h3-6,11-12H,7-10,13H2,1-2H3. The number of rotatable bonds is 1. The van der Waals surface area contributed by atoms with Crippen LogP contribution >= 0.6 is 11.6 Å². The third kappa shape index (κ3) is 3.14. The van der Waals surface area contributed by atoms with Crippen molar-refractivity contribution in [3.05, 3.63) is 58.2 Å². The molecule has 2 aromatic carbocycles. The topological polar surface area (TPSA) is 55.3 Å². The monoisotopic (exact) mass is 407 g/mol. The molecule has 6 heteroatoms. The Labute approximate surface area is 174 Å². The maximum absolute atomic E-state index is 12.9. The van der Waals surface area contributed by atoms with E-state index in [0.29, 0.717) is 17.4 Å². The van der Waals surface area contributed by atoms with Crippen LogP contribution in [0.25, 0.3) is 11.0 Å². The molecule has 3 aromatic rings. The molecule has 29 heavy (non-hydrogen) atoms. The molecule has 5 nitrogen and oxygen atoms in total. The number of carbonyl (C=O) groups is 1. The van der Waals surface area contributed by atoms with Gasteiger partial charge in [-0.3, -0.25) is 4.79 Å². The van der Waals surface area contributed by atoms with Gasteiger partial charge in [0.2, 0.25) is 0 Å². The van der Waals surface area contributed by atoms with E-state index in [-0.39, 0.29) is 5.78 Å². The Balaban J connectivity index is 1.41. The lowest BCUT2D eigenvalue weighted by molar-refractivity contribution is 0.0229. The average Bonchev–Trinajstić information content (AvgIpc) is 2.67. The fourth-order valence-corrected chi connectivity index (χ4v) is 4.84. The Morgan fingerprint density at radius 3 is 2.48 bits per heavy atom. The summed E-state index contributed by atoms with van der Waals surface area (Å²) in [7, 11) is 0. The minimum absolute atomic E-state index is 0.181. The molecule has 0 atom stereocenters. The number of ether oxygens (including phenoxy) is 1. The average molecular weight is 408 g/mol. The molecular weight excluding hydrogens is 386 g/mol. The summed E-state index contributed by atoms with van der Waals surface area (Å²) in [6.45, 7) is 5.46. The van der Waals surface area contributed by atoms with E-state index in [0.717, 1.165) is 59.4 Å². The van der Waals surface area contributed by atoms with Crippen LogP contribution in [0.15, 0.2) is 36.4 Å². The molecule has 148 valence electrons. The van der Waals surface area contributed by atoms with Gasteiger partial charge in [-0.15, -0.1) is 0 Å². The summed E-state index contributed by atoms with van der Waals surface area (Å²) in [5, 5.41) is 0.414. The van der Waals surface area contributed by atoms with Gasteiger partial charge in [0.1, 0.15) is 11.4 Å². The minimum Gasteiger partial charge on any atom is -0.486 e. The quantitative estimate of drug-likeness (QED) is 0.574. The molecule has 1 aromatic heterocycles. The first-order valence-corrected chi connectivity index (χ1v) is 10.3. The second-order valence-corrected chi connectivity index (χ2v) is 8.51. The summed E-state index contributed by atoms with van der Waals surface area (Å²) in [5.41, 5.74) is 4.02. The predicted octanol–water partition coefficient (Wildman–Crippen LogP) is 4.90. The van der Waals surface area contributed by atoms with Gasteiger partial charge in [0.15, 0.2) is 16.8 Å². The highest BCUT2D eigenvalue weighted by molar-refractivity contribution is 6.32. The van der Waals surface area contributed by atoms with Crippen LogP contribution in [0, 0.1) is 13.8 Å². The van der Waals surface area contributed by atoms with Gasteiger partial charge in [0.05, 0.1) is 23.0 Å². The second-order valence-electron chi connectivity index (χ2n) is 8.15. The number of hydrogen-bond donors (Lipinski definition) is 0. The maximum Gasteiger partial charge on any atom is 0.172 e. The van der Waals surface area contributed by atoms with Crippen LogP contribution in [0.3, 0.4) is 0 Å². The molecule has 0 N–H and O–H groups in total. The third-order valence-corrected chi connectivity index (χ3v) is 6.27. The minimum atomic E-state index is -0.447. The van der Waals surface area contributed by atoms with Crippen molar-refractivity contribution < 1.29 is 9.53 Å². The van der Waals surface area contributed by atoms with Crippen molar-refractivity contribution >= 4 is 34.2 Å². The van der Waals surface area contributed by atoms with Crippen LogP contribution in [0.5, 0.6) is 5.75 Å². The lowest BCUT2D eigenvalue weighted by Crippen LogP contribution is -2.51. The lowest BCUT2D eigenvalue weighted by Gasteiger charge is -2.44. The Kier molecular flexibility index (Phi) is 4.24. The summed E-state index contributed by atoms with van der Waals surface area (Å²) in [6, 6.07) is 11.8. The molecule has 0 saturated carbocycles. The van der Waals surface area contributed by atoms with Crippen molar-refractivity contribution in [2.24, 2.45) is 0 Å².